The minimum atomic E-state index is -1.14. The Morgan fingerprint density at radius 3 is 2.52 bits per heavy atom. The van der Waals surface area contributed by atoms with Crippen molar-refractivity contribution in [2.24, 2.45) is 0 Å². The summed E-state index contributed by atoms with van der Waals surface area (Å²) in [7, 11) is 1.89. The van der Waals surface area contributed by atoms with Crippen LogP contribution in [-0.2, 0) is 24.4 Å². The molecule has 2 saturated heterocycles. The summed E-state index contributed by atoms with van der Waals surface area (Å²) in [6.45, 7) is 2.16. The Labute approximate surface area is 180 Å². The first-order valence-corrected chi connectivity index (χ1v) is 11.1. The lowest BCUT2D eigenvalue weighted by Crippen LogP contribution is -2.48. The highest BCUT2D eigenvalue weighted by molar-refractivity contribution is 5.31. The molecule has 0 N–H and O–H groups in total. The Balaban J connectivity index is 1.15. The van der Waals surface area contributed by atoms with Crippen LogP contribution in [0.15, 0.2) is 29.1 Å². The number of likely N-dealkylation sites (N-methyl/N-ethyl adjacent to an activating group) is 1. The standard InChI is InChI=1S/C22H29F2N5O2/c1-26-8-9-27-21(26)25-29(22(27)30)13-17(24)12-28-18-6-7-19(28)11-20(10-18)31-14-15-2-4-16(23)5-3-15/h2-5,17-20H,6-14H2,1H3. The maximum atomic E-state index is 15.0. The molecule has 1 aromatic heterocycles. The summed E-state index contributed by atoms with van der Waals surface area (Å²) in [5.74, 6) is 0.377. The van der Waals surface area contributed by atoms with E-state index in [0.717, 1.165) is 37.8 Å². The Morgan fingerprint density at radius 2 is 1.84 bits per heavy atom. The first-order valence-electron chi connectivity index (χ1n) is 11.1. The molecule has 2 aromatic rings. The first kappa shape index (κ1) is 20.6. The molecule has 3 atom stereocenters. The monoisotopic (exact) mass is 433 g/mol. The molecule has 168 valence electrons. The van der Waals surface area contributed by atoms with E-state index in [0.29, 0.717) is 37.7 Å². The molecule has 0 spiro atoms. The predicted molar refractivity (Wildman–Crippen MR) is 112 cm³/mol. The van der Waals surface area contributed by atoms with Gasteiger partial charge in [0.05, 0.1) is 19.3 Å². The Bertz CT molecular complexity index is 961. The molecule has 2 fully saturated rings. The molecule has 3 aliphatic rings. The van der Waals surface area contributed by atoms with E-state index in [9.17, 15) is 13.6 Å². The van der Waals surface area contributed by atoms with Crippen molar-refractivity contribution in [3.8, 4) is 0 Å². The number of rotatable bonds is 7. The molecular formula is C22H29F2N5O2. The van der Waals surface area contributed by atoms with E-state index in [1.54, 1.807) is 16.7 Å². The minimum absolute atomic E-state index is 0.00684. The lowest BCUT2D eigenvalue weighted by atomic mass is 9.99. The van der Waals surface area contributed by atoms with Gasteiger partial charge in [-0.05, 0) is 43.4 Å². The molecule has 2 bridgehead atoms. The van der Waals surface area contributed by atoms with Gasteiger partial charge in [0.1, 0.15) is 12.0 Å². The van der Waals surface area contributed by atoms with E-state index in [2.05, 4.69) is 10.00 Å². The van der Waals surface area contributed by atoms with Crippen molar-refractivity contribution in [2.75, 3.05) is 25.0 Å². The van der Waals surface area contributed by atoms with Crippen LogP contribution in [0.4, 0.5) is 14.7 Å². The summed E-state index contributed by atoms with van der Waals surface area (Å²) in [5.41, 5.74) is 0.737. The third kappa shape index (κ3) is 4.13. The van der Waals surface area contributed by atoms with Gasteiger partial charge in [0.25, 0.3) is 0 Å². The molecule has 5 rings (SSSR count). The molecule has 0 radical (unpaired) electrons. The van der Waals surface area contributed by atoms with Crippen LogP contribution in [0.3, 0.4) is 0 Å². The first-order chi connectivity index (χ1) is 15.0. The van der Waals surface area contributed by atoms with E-state index in [1.165, 1.54) is 16.8 Å². The van der Waals surface area contributed by atoms with Crippen LogP contribution < -0.4 is 10.6 Å². The van der Waals surface area contributed by atoms with Crippen LogP contribution in [0.2, 0.25) is 0 Å². The quantitative estimate of drug-likeness (QED) is 0.670. The van der Waals surface area contributed by atoms with Gasteiger partial charge in [0, 0.05) is 38.8 Å². The molecule has 0 aliphatic carbocycles. The zero-order chi connectivity index (χ0) is 21.5. The van der Waals surface area contributed by atoms with Crippen LogP contribution in [0, 0.1) is 5.82 Å². The van der Waals surface area contributed by atoms with Gasteiger partial charge in [-0.2, -0.15) is 0 Å². The molecule has 3 aliphatic heterocycles. The Kier molecular flexibility index (Phi) is 5.56. The lowest BCUT2D eigenvalue weighted by Gasteiger charge is -2.39. The second-order valence-electron chi connectivity index (χ2n) is 9.05. The topological polar surface area (TPSA) is 55.5 Å². The molecule has 0 amide bonds. The van der Waals surface area contributed by atoms with Crippen molar-refractivity contribution in [2.45, 2.75) is 69.7 Å². The van der Waals surface area contributed by atoms with Crippen molar-refractivity contribution in [3.05, 3.63) is 46.1 Å². The maximum absolute atomic E-state index is 15.0. The third-order valence-electron chi connectivity index (χ3n) is 6.92. The summed E-state index contributed by atoms with van der Waals surface area (Å²) in [6.07, 6.45) is 2.88. The van der Waals surface area contributed by atoms with Gasteiger partial charge < -0.3 is 9.64 Å². The highest BCUT2D eigenvalue weighted by atomic mass is 19.1. The van der Waals surface area contributed by atoms with Gasteiger partial charge in [0.15, 0.2) is 0 Å². The highest BCUT2D eigenvalue weighted by Gasteiger charge is 2.42. The van der Waals surface area contributed by atoms with E-state index >= 15 is 0 Å². The lowest BCUT2D eigenvalue weighted by molar-refractivity contribution is -0.0342. The van der Waals surface area contributed by atoms with Crippen LogP contribution in [0.25, 0.3) is 0 Å². The van der Waals surface area contributed by atoms with Gasteiger partial charge in [0.2, 0.25) is 5.95 Å². The van der Waals surface area contributed by atoms with Gasteiger partial charge in [-0.1, -0.05) is 12.1 Å². The molecule has 9 heteroatoms. The number of hydrogen-bond donors (Lipinski definition) is 0. The largest absolute Gasteiger partial charge is 0.373 e. The summed E-state index contributed by atoms with van der Waals surface area (Å²) < 4.78 is 37.0. The Morgan fingerprint density at radius 1 is 1.13 bits per heavy atom. The minimum Gasteiger partial charge on any atom is -0.373 e. The summed E-state index contributed by atoms with van der Waals surface area (Å²) >= 11 is 0. The number of nitrogens with zero attached hydrogens (tertiary/aromatic N) is 5. The number of benzene rings is 1. The highest BCUT2D eigenvalue weighted by Crippen LogP contribution is 2.37. The number of halogens is 2. The third-order valence-corrected chi connectivity index (χ3v) is 6.92. The molecule has 4 heterocycles. The average Bonchev–Trinajstić information content (AvgIpc) is 3.33. The van der Waals surface area contributed by atoms with Crippen LogP contribution in [0.5, 0.6) is 0 Å². The van der Waals surface area contributed by atoms with Gasteiger partial charge in [-0.15, -0.1) is 5.10 Å². The molecule has 3 unspecified atom stereocenters. The molecule has 0 saturated carbocycles. The van der Waals surface area contributed by atoms with E-state index in [4.69, 9.17) is 4.74 Å². The fraction of sp³-hybridized carbons (Fsp3) is 0.636. The zero-order valence-electron chi connectivity index (χ0n) is 17.8. The number of anilines is 1. The van der Waals surface area contributed by atoms with Crippen molar-refractivity contribution in [1.82, 2.24) is 19.2 Å². The number of piperidine rings is 1. The van der Waals surface area contributed by atoms with E-state index in [-0.39, 0.29) is 24.2 Å². The van der Waals surface area contributed by atoms with Gasteiger partial charge >= 0.3 is 5.69 Å². The smallest absolute Gasteiger partial charge is 0.347 e. The summed E-state index contributed by atoms with van der Waals surface area (Å²) in [6, 6.07) is 7.01. The fourth-order valence-electron chi connectivity index (χ4n) is 5.30. The van der Waals surface area contributed by atoms with E-state index in [1.807, 2.05) is 11.9 Å². The zero-order valence-corrected chi connectivity index (χ0v) is 17.8. The van der Waals surface area contributed by atoms with Gasteiger partial charge in [-0.25, -0.2) is 18.3 Å². The van der Waals surface area contributed by atoms with Crippen LogP contribution >= 0.6 is 0 Å². The normalized spacial score (nSPS) is 26.4. The molecule has 31 heavy (non-hydrogen) atoms. The number of alkyl halides is 1. The number of aromatic nitrogens is 3. The van der Waals surface area contributed by atoms with Crippen LogP contribution in [-0.4, -0.2) is 63.7 Å². The van der Waals surface area contributed by atoms with E-state index < -0.39 is 6.17 Å². The van der Waals surface area contributed by atoms with Gasteiger partial charge in [-0.3, -0.25) is 9.47 Å². The molecule has 1 aromatic carbocycles. The fourth-order valence-corrected chi connectivity index (χ4v) is 5.30. The summed E-state index contributed by atoms with van der Waals surface area (Å²) in [4.78, 5) is 16.6. The van der Waals surface area contributed by atoms with Crippen molar-refractivity contribution in [3.63, 3.8) is 0 Å². The average molecular weight is 434 g/mol. The Hall–Kier alpha value is -2.26. The molecular weight excluding hydrogens is 404 g/mol. The van der Waals surface area contributed by atoms with Crippen molar-refractivity contribution < 1.29 is 13.5 Å². The van der Waals surface area contributed by atoms with Crippen molar-refractivity contribution >= 4 is 5.95 Å². The number of fused-ring (bicyclic) bond motifs is 3. The van der Waals surface area contributed by atoms with Crippen molar-refractivity contribution in [1.29, 1.82) is 0 Å². The molecule has 7 nitrogen and oxygen atoms in total. The maximum Gasteiger partial charge on any atom is 0.347 e. The number of hydrogen-bond acceptors (Lipinski definition) is 5. The second kappa shape index (κ2) is 8.35. The predicted octanol–water partition coefficient (Wildman–Crippen LogP) is 2.18. The second-order valence-corrected chi connectivity index (χ2v) is 9.05. The number of ether oxygens (including phenoxy) is 1. The summed E-state index contributed by atoms with van der Waals surface area (Å²) in [5, 5.41) is 4.32. The van der Waals surface area contributed by atoms with Crippen LogP contribution in [0.1, 0.15) is 31.2 Å². The SMILES string of the molecule is CN1CCn2c1nn(CC(F)CN1C3CCC1CC(OCc1ccc(F)cc1)C3)c2=O.